The smallest absolute Gasteiger partial charge is 0.271 e. The second kappa shape index (κ2) is 7.80. The number of aryl methyl sites for hydroxylation is 1. The van der Waals surface area contributed by atoms with Crippen LogP contribution in [0.25, 0.3) is 11.3 Å². The van der Waals surface area contributed by atoms with E-state index in [1.807, 2.05) is 18.2 Å². The summed E-state index contributed by atoms with van der Waals surface area (Å²) in [4.78, 5) is 28.6. The zero-order valence-corrected chi connectivity index (χ0v) is 18.1. The topological polar surface area (TPSA) is 55.2 Å². The maximum absolute atomic E-state index is 13.4. The van der Waals surface area contributed by atoms with Gasteiger partial charge in [-0.05, 0) is 63.1 Å². The molecule has 3 aromatic rings. The minimum Gasteiger partial charge on any atom is -0.310 e. The molecule has 2 aromatic carbocycles. The van der Waals surface area contributed by atoms with Crippen LogP contribution in [-0.4, -0.2) is 22.2 Å². The van der Waals surface area contributed by atoms with Crippen molar-refractivity contribution in [3.8, 4) is 11.3 Å². The number of benzene rings is 2. The normalized spacial score (nSPS) is 16.0. The molecule has 0 unspecified atom stereocenters. The average Bonchev–Trinajstić information content (AvgIpc) is 3.23. The van der Waals surface area contributed by atoms with Crippen LogP contribution in [0.3, 0.4) is 0 Å². The Morgan fingerprint density at radius 3 is 2.45 bits per heavy atom. The number of hydrogen-bond acceptors (Lipinski definition) is 3. The van der Waals surface area contributed by atoms with E-state index in [2.05, 4.69) is 37.3 Å². The first-order valence-corrected chi connectivity index (χ1v) is 11.2. The molecule has 2 heterocycles. The molecule has 0 bridgehead atoms. The lowest BCUT2D eigenvalue weighted by Gasteiger charge is -2.25. The van der Waals surface area contributed by atoms with Crippen molar-refractivity contribution in [1.29, 1.82) is 0 Å². The lowest BCUT2D eigenvalue weighted by Crippen LogP contribution is -2.41. The van der Waals surface area contributed by atoms with Crippen molar-refractivity contribution in [1.82, 2.24) is 9.78 Å². The third kappa shape index (κ3) is 3.38. The molecule has 0 radical (unpaired) electrons. The van der Waals surface area contributed by atoms with Gasteiger partial charge in [-0.25, -0.2) is 4.68 Å². The monoisotopic (exact) mass is 413 g/mol. The van der Waals surface area contributed by atoms with Crippen molar-refractivity contribution in [3.05, 3.63) is 81.1 Å². The molecule has 2 aliphatic rings. The molecule has 0 spiro atoms. The lowest BCUT2D eigenvalue weighted by molar-refractivity contribution is -0.121. The molecule has 1 aliphatic carbocycles. The molecule has 158 valence electrons. The van der Waals surface area contributed by atoms with Gasteiger partial charge in [0.25, 0.3) is 11.5 Å². The summed E-state index contributed by atoms with van der Waals surface area (Å²) in [6.07, 6.45) is 4.53. The maximum Gasteiger partial charge on any atom is 0.271 e. The van der Waals surface area contributed by atoms with E-state index in [9.17, 15) is 9.59 Å². The fraction of sp³-hybridized carbons (Fsp3) is 0.346. The van der Waals surface area contributed by atoms with Gasteiger partial charge in [0.15, 0.2) is 0 Å². The van der Waals surface area contributed by atoms with E-state index in [0.717, 1.165) is 60.2 Å². The second-order valence-electron chi connectivity index (χ2n) is 8.67. The summed E-state index contributed by atoms with van der Waals surface area (Å²) in [5.41, 5.74) is 6.93. The molecular weight excluding hydrogens is 386 g/mol. The zero-order valence-electron chi connectivity index (χ0n) is 18.1. The van der Waals surface area contributed by atoms with E-state index >= 15 is 0 Å². The highest BCUT2D eigenvalue weighted by molar-refractivity contribution is 5.97. The van der Waals surface area contributed by atoms with E-state index in [0.29, 0.717) is 6.54 Å². The summed E-state index contributed by atoms with van der Waals surface area (Å²) < 4.78 is 1.43. The predicted molar refractivity (Wildman–Crippen MR) is 123 cm³/mol. The third-order valence-corrected chi connectivity index (χ3v) is 6.63. The third-order valence-electron chi connectivity index (χ3n) is 6.63. The number of fused-ring (bicyclic) bond motifs is 2. The zero-order chi connectivity index (χ0) is 21.5. The molecule has 0 saturated carbocycles. The van der Waals surface area contributed by atoms with Crippen LogP contribution < -0.4 is 10.5 Å². The molecule has 1 aromatic heterocycles. The number of para-hydroxylation sites is 1. The van der Waals surface area contributed by atoms with Crippen LogP contribution in [0.15, 0.2) is 53.3 Å². The second-order valence-corrected chi connectivity index (χ2v) is 8.67. The van der Waals surface area contributed by atoms with E-state index < -0.39 is 6.04 Å². The van der Waals surface area contributed by atoms with Crippen molar-refractivity contribution in [3.63, 3.8) is 0 Å². The maximum atomic E-state index is 13.4. The van der Waals surface area contributed by atoms with Gasteiger partial charge < -0.3 is 4.90 Å². The van der Waals surface area contributed by atoms with Crippen LogP contribution in [-0.2, 0) is 24.1 Å². The van der Waals surface area contributed by atoms with Gasteiger partial charge in [-0.1, -0.05) is 48.0 Å². The van der Waals surface area contributed by atoms with Gasteiger partial charge in [0.1, 0.15) is 6.04 Å². The molecule has 1 atom stereocenters. The Morgan fingerprint density at radius 2 is 1.68 bits per heavy atom. The minimum atomic E-state index is -0.657. The quantitative estimate of drug-likeness (QED) is 0.645. The minimum absolute atomic E-state index is 0.0786. The SMILES string of the molecule is Cc1ccc(-c2nn([C@H](C)C(=O)N3CCc4ccccc43)c(=O)c3c2CCCC3)cc1. The van der Waals surface area contributed by atoms with Crippen LogP contribution in [0.2, 0.25) is 0 Å². The number of rotatable bonds is 3. The van der Waals surface area contributed by atoms with E-state index in [4.69, 9.17) is 5.10 Å². The molecule has 0 N–H and O–H groups in total. The van der Waals surface area contributed by atoms with Crippen molar-refractivity contribution in [2.24, 2.45) is 0 Å². The number of aromatic nitrogens is 2. The summed E-state index contributed by atoms with van der Waals surface area (Å²) in [5.74, 6) is -0.0786. The van der Waals surface area contributed by atoms with Crippen molar-refractivity contribution >= 4 is 11.6 Å². The Labute approximate surface area is 182 Å². The van der Waals surface area contributed by atoms with E-state index in [1.54, 1.807) is 11.8 Å². The first kappa shape index (κ1) is 19.7. The average molecular weight is 414 g/mol. The molecule has 5 heteroatoms. The molecule has 1 aliphatic heterocycles. The Kier molecular flexibility index (Phi) is 4.97. The Bertz CT molecular complexity index is 1210. The van der Waals surface area contributed by atoms with E-state index in [-0.39, 0.29) is 11.5 Å². The number of carbonyl (C=O) groups excluding carboxylic acids is 1. The van der Waals surface area contributed by atoms with Gasteiger partial charge in [-0.15, -0.1) is 0 Å². The summed E-state index contributed by atoms with van der Waals surface area (Å²) in [5, 5.41) is 4.79. The van der Waals surface area contributed by atoms with E-state index in [1.165, 1.54) is 15.8 Å². The molecule has 0 saturated heterocycles. The highest BCUT2D eigenvalue weighted by Gasteiger charge is 2.31. The van der Waals surface area contributed by atoms with Crippen molar-refractivity contribution in [2.45, 2.75) is 52.0 Å². The highest BCUT2D eigenvalue weighted by atomic mass is 16.2. The Morgan fingerprint density at radius 1 is 0.968 bits per heavy atom. The summed E-state index contributed by atoms with van der Waals surface area (Å²) in [6.45, 7) is 4.50. The molecular formula is C26H27N3O2. The first-order valence-electron chi connectivity index (χ1n) is 11.2. The fourth-order valence-corrected chi connectivity index (χ4v) is 4.86. The summed E-state index contributed by atoms with van der Waals surface area (Å²) >= 11 is 0. The Hall–Kier alpha value is -3.21. The van der Waals surface area contributed by atoms with Crippen LogP contribution >= 0.6 is 0 Å². The van der Waals surface area contributed by atoms with Gasteiger partial charge in [0, 0.05) is 23.4 Å². The number of amides is 1. The lowest BCUT2D eigenvalue weighted by atomic mass is 9.89. The van der Waals surface area contributed by atoms with Crippen LogP contribution in [0.5, 0.6) is 0 Å². The standard InChI is InChI=1S/C26H27N3O2/c1-17-11-13-20(14-12-17)24-21-8-4-5-9-22(21)26(31)29(27-24)18(2)25(30)28-16-15-19-7-3-6-10-23(19)28/h3,6-7,10-14,18H,4-5,8-9,15-16H2,1-2H3/t18-/m1/s1. The number of anilines is 1. The van der Waals surface area contributed by atoms with Crippen molar-refractivity contribution < 1.29 is 4.79 Å². The predicted octanol–water partition coefficient (Wildman–Crippen LogP) is 4.25. The fourth-order valence-electron chi connectivity index (χ4n) is 4.86. The molecule has 5 rings (SSSR count). The van der Waals surface area contributed by atoms with Gasteiger partial charge >= 0.3 is 0 Å². The van der Waals surface area contributed by atoms with Gasteiger partial charge in [-0.2, -0.15) is 5.10 Å². The van der Waals surface area contributed by atoms with Crippen LogP contribution in [0.4, 0.5) is 5.69 Å². The molecule has 31 heavy (non-hydrogen) atoms. The first-order chi connectivity index (χ1) is 15.0. The number of nitrogens with zero attached hydrogens (tertiary/aromatic N) is 3. The van der Waals surface area contributed by atoms with Gasteiger partial charge in [-0.3, -0.25) is 9.59 Å². The number of carbonyl (C=O) groups is 1. The van der Waals surface area contributed by atoms with Crippen LogP contribution in [0, 0.1) is 6.92 Å². The Balaban J connectivity index is 1.59. The summed E-state index contributed by atoms with van der Waals surface area (Å²) in [7, 11) is 0. The summed E-state index contributed by atoms with van der Waals surface area (Å²) in [6, 6.07) is 15.6. The molecule has 5 nitrogen and oxygen atoms in total. The number of hydrogen-bond donors (Lipinski definition) is 0. The molecule has 0 fully saturated rings. The van der Waals surface area contributed by atoms with Gasteiger partial charge in [0.2, 0.25) is 0 Å². The van der Waals surface area contributed by atoms with Gasteiger partial charge in [0.05, 0.1) is 5.69 Å². The largest absolute Gasteiger partial charge is 0.310 e. The highest BCUT2D eigenvalue weighted by Crippen LogP contribution is 2.31. The van der Waals surface area contributed by atoms with Crippen LogP contribution in [0.1, 0.15) is 48.1 Å². The van der Waals surface area contributed by atoms with Crippen molar-refractivity contribution in [2.75, 3.05) is 11.4 Å². The molecule has 1 amide bonds.